The Morgan fingerprint density at radius 1 is 0.974 bits per heavy atom. The average molecular weight is 510 g/mol. The van der Waals surface area contributed by atoms with E-state index >= 15 is 0 Å². The van der Waals surface area contributed by atoms with Crippen LogP contribution in [-0.4, -0.2) is 38.9 Å². The van der Waals surface area contributed by atoms with Crippen molar-refractivity contribution in [1.82, 2.24) is 14.5 Å². The van der Waals surface area contributed by atoms with Crippen molar-refractivity contribution < 1.29 is 14.2 Å². The van der Waals surface area contributed by atoms with Crippen LogP contribution in [0.2, 0.25) is 0 Å². The van der Waals surface area contributed by atoms with Gasteiger partial charge in [-0.2, -0.15) is 0 Å². The molecule has 0 spiro atoms. The number of aliphatic hydroxyl groups is 1. The van der Waals surface area contributed by atoms with Crippen molar-refractivity contribution in [3.63, 3.8) is 0 Å². The number of hydrogen-bond donors (Lipinski definition) is 2. The summed E-state index contributed by atoms with van der Waals surface area (Å²) in [6.07, 6.45) is 4.55. The summed E-state index contributed by atoms with van der Waals surface area (Å²) in [6.45, 7) is 0. The van der Waals surface area contributed by atoms with Gasteiger partial charge >= 0.3 is 0 Å². The first-order valence-corrected chi connectivity index (χ1v) is 12.8. The minimum Gasteiger partial charge on any atom is -0.480 e. The lowest BCUT2D eigenvalue weighted by Crippen LogP contribution is -2.24. The molecular formula is C30H28FN5O2. The number of benzene rings is 3. The second kappa shape index (κ2) is 10.2. The molecule has 0 atom stereocenters. The highest BCUT2D eigenvalue weighted by molar-refractivity contribution is 5.84. The van der Waals surface area contributed by atoms with Gasteiger partial charge in [-0.25, -0.2) is 14.4 Å². The number of nitrogens with zero attached hydrogens (tertiary/aromatic N) is 4. The number of para-hydroxylation sites is 2. The van der Waals surface area contributed by atoms with Crippen molar-refractivity contribution >= 4 is 22.4 Å². The van der Waals surface area contributed by atoms with Crippen LogP contribution in [0.4, 0.5) is 15.8 Å². The Bertz CT molecular complexity index is 1620. The van der Waals surface area contributed by atoms with E-state index < -0.39 is 0 Å². The van der Waals surface area contributed by atoms with Crippen LogP contribution in [0.1, 0.15) is 25.7 Å². The van der Waals surface area contributed by atoms with Gasteiger partial charge in [-0.3, -0.25) is 4.99 Å². The average Bonchev–Trinajstić information content (AvgIpc) is 2.94. The van der Waals surface area contributed by atoms with E-state index in [1.807, 2.05) is 48.5 Å². The normalized spacial score (nSPS) is 18.1. The highest BCUT2D eigenvalue weighted by Gasteiger charge is 2.21. The van der Waals surface area contributed by atoms with Gasteiger partial charge in [0.1, 0.15) is 11.5 Å². The van der Waals surface area contributed by atoms with Gasteiger partial charge in [0, 0.05) is 11.9 Å². The first-order valence-electron chi connectivity index (χ1n) is 12.8. The Balaban J connectivity index is 1.60. The number of halogens is 1. The summed E-state index contributed by atoms with van der Waals surface area (Å²) in [4.78, 5) is 14.4. The van der Waals surface area contributed by atoms with E-state index in [1.54, 1.807) is 25.4 Å². The fourth-order valence-electron chi connectivity index (χ4n) is 5.09. The van der Waals surface area contributed by atoms with Crippen LogP contribution >= 0.6 is 0 Å². The van der Waals surface area contributed by atoms with Crippen molar-refractivity contribution in [2.24, 2.45) is 4.99 Å². The van der Waals surface area contributed by atoms with Gasteiger partial charge < -0.3 is 19.7 Å². The number of nitrogens with one attached hydrogen (secondary N) is 1. The number of methoxy groups -OCH3 is 1. The molecule has 3 aliphatic rings. The summed E-state index contributed by atoms with van der Waals surface area (Å²) < 4.78 is 21.4. The van der Waals surface area contributed by atoms with Crippen molar-refractivity contribution in [3.05, 3.63) is 90.2 Å². The van der Waals surface area contributed by atoms with Gasteiger partial charge in [0.05, 0.1) is 52.7 Å². The zero-order valence-electron chi connectivity index (χ0n) is 21.0. The van der Waals surface area contributed by atoms with Crippen LogP contribution in [0.3, 0.4) is 0 Å². The first-order chi connectivity index (χ1) is 18.6. The molecule has 1 aliphatic heterocycles. The van der Waals surface area contributed by atoms with Gasteiger partial charge in [-0.1, -0.05) is 12.1 Å². The highest BCUT2D eigenvalue weighted by Crippen LogP contribution is 2.32. The molecule has 0 radical (unpaired) electrons. The molecule has 2 aliphatic carbocycles. The van der Waals surface area contributed by atoms with E-state index in [4.69, 9.17) is 14.7 Å². The Hall–Kier alpha value is -4.30. The summed E-state index contributed by atoms with van der Waals surface area (Å²) in [5.74, 6) is 0.191. The summed E-state index contributed by atoms with van der Waals surface area (Å²) in [7, 11) is 1.59. The van der Waals surface area contributed by atoms with Crippen LogP contribution in [0.25, 0.3) is 28.1 Å². The molecule has 2 heterocycles. The lowest BCUT2D eigenvalue weighted by Gasteiger charge is -2.23. The zero-order chi connectivity index (χ0) is 26.1. The standard InChI is InChI=1S/C30H28FN5O2/c1-38-30-24(6-4-16-32-30)35-25-17-27-29(18-26(25)33-20-10-14-22(37)15-11-20)36(21-12-8-19(31)9-13-21)28-7-3-2-5-23(28)34-27/h2-9,12-13,16-18,20,22,35,37H,10-11,14-15H2,1H3/b33-26+. The van der Waals surface area contributed by atoms with Gasteiger partial charge in [0.2, 0.25) is 5.88 Å². The molecule has 7 nitrogen and oxygen atoms in total. The number of pyridine rings is 1. The topological polar surface area (TPSA) is 84.6 Å². The smallest absolute Gasteiger partial charge is 0.237 e. The molecule has 38 heavy (non-hydrogen) atoms. The first kappa shape index (κ1) is 24.1. The lowest BCUT2D eigenvalue weighted by molar-refractivity contribution is 0.123. The molecule has 1 saturated carbocycles. The van der Waals surface area contributed by atoms with Crippen LogP contribution in [-0.2, 0) is 0 Å². The quantitative estimate of drug-likeness (QED) is 0.301. The molecule has 192 valence electrons. The molecule has 1 aromatic heterocycles. The van der Waals surface area contributed by atoms with Gasteiger partial charge in [-0.15, -0.1) is 0 Å². The summed E-state index contributed by atoms with van der Waals surface area (Å²) in [5.41, 5.74) is 5.68. The summed E-state index contributed by atoms with van der Waals surface area (Å²) in [5, 5.41) is 14.3. The van der Waals surface area contributed by atoms with Gasteiger partial charge in [0.25, 0.3) is 0 Å². The fourth-order valence-corrected chi connectivity index (χ4v) is 5.09. The van der Waals surface area contributed by atoms with E-state index in [-0.39, 0.29) is 18.0 Å². The number of hydrogen-bond acceptors (Lipinski definition) is 6. The molecule has 8 heteroatoms. The number of aromatic nitrogens is 3. The van der Waals surface area contributed by atoms with E-state index in [9.17, 15) is 9.50 Å². The van der Waals surface area contributed by atoms with Crippen LogP contribution in [0.15, 0.2) is 84.0 Å². The highest BCUT2D eigenvalue weighted by atomic mass is 19.1. The molecule has 1 fully saturated rings. The Labute approximate surface area is 219 Å². The molecule has 3 aromatic rings. The summed E-state index contributed by atoms with van der Waals surface area (Å²) in [6, 6.07) is 22.3. The SMILES string of the molecule is COc1ncccc1Nc1cc2nc3ccccc3n(-c3ccc(F)cc3)c-2c/c1=N\C1CCC(O)CC1. The lowest BCUT2D eigenvalue weighted by atomic mass is 9.93. The minimum atomic E-state index is -0.288. The molecule has 0 unspecified atom stereocenters. The minimum absolute atomic E-state index is 0.0971. The van der Waals surface area contributed by atoms with Crippen LogP contribution < -0.4 is 15.4 Å². The fraction of sp³-hybridized carbons (Fsp3) is 0.233. The maximum Gasteiger partial charge on any atom is 0.237 e. The van der Waals surface area contributed by atoms with E-state index in [1.165, 1.54) is 12.1 Å². The summed E-state index contributed by atoms with van der Waals surface area (Å²) >= 11 is 0. The third kappa shape index (κ3) is 4.70. The predicted molar refractivity (Wildman–Crippen MR) is 146 cm³/mol. The van der Waals surface area contributed by atoms with Crippen molar-refractivity contribution in [3.8, 4) is 23.0 Å². The van der Waals surface area contributed by atoms with Gasteiger partial charge in [0.15, 0.2) is 0 Å². The number of fused-ring (bicyclic) bond motifs is 2. The molecule has 0 bridgehead atoms. The maximum atomic E-state index is 13.8. The number of ether oxygens (including phenoxy) is 1. The predicted octanol–water partition coefficient (Wildman–Crippen LogP) is 5.62. The molecule has 2 N–H and O–H groups in total. The Kier molecular flexibility index (Phi) is 6.47. The molecule has 6 rings (SSSR count). The van der Waals surface area contributed by atoms with Gasteiger partial charge in [-0.05, 0) is 86.3 Å². The van der Waals surface area contributed by atoms with E-state index in [2.05, 4.69) is 14.9 Å². The monoisotopic (exact) mass is 509 g/mol. The van der Waals surface area contributed by atoms with Crippen molar-refractivity contribution in [2.75, 3.05) is 12.4 Å². The number of aliphatic hydroxyl groups excluding tert-OH is 1. The van der Waals surface area contributed by atoms with Crippen molar-refractivity contribution in [1.29, 1.82) is 0 Å². The molecule has 0 saturated heterocycles. The second-order valence-corrected chi connectivity index (χ2v) is 9.55. The second-order valence-electron chi connectivity index (χ2n) is 9.55. The molecule has 0 amide bonds. The molecular weight excluding hydrogens is 481 g/mol. The van der Waals surface area contributed by atoms with Crippen molar-refractivity contribution in [2.45, 2.75) is 37.8 Å². The van der Waals surface area contributed by atoms with Crippen LogP contribution in [0.5, 0.6) is 5.88 Å². The Morgan fingerprint density at radius 3 is 2.55 bits per heavy atom. The third-order valence-corrected chi connectivity index (χ3v) is 7.00. The maximum absolute atomic E-state index is 13.8. The third-order valence-electron chi connectivity index (χ3n) is 7.00. The van der Waals surface area contributed by atoms with E-state index in [0.29, 0.717) is 5.88 Å². The Morgan fingerprint density at radius 2 is 1.76 bits per heavy atom. The largest absolute Gasteiger partial charge is 0.480 e. The van der Waals surface area contributed by atoms with E-state index in [0.717, 1.165) is 70.5 Å². The van der Waals surface area contributed by atoms with Crippen LogP contribution in [0, 0.1) is 5.82 Å². The number of anilines is 2. The molecule has 2 aromatic carbocycles. The number of rotatable bonds is 5. The zero-order valence-corrected chi connectivity index (χ0v) is 21.0.